The van der Waals surface area contributed by atoms with Crippen molar-refractivity contribution in [1.82, 2.24) is 4.98 Å². The van der Waals surface area contributed by atoms with Crippen LogP contribution in [-0.2, 0) is 9.53 Å². The number of azide groups is 1. The van der Waals surface area contributed by atoms with Gasteiger partial charge in [0.25, 0.3) is 0 Å². The van der Waals surface area contributed by atoms with Crippen molar-refractivity contribution in [2.75, 3.05) is 6.61 Å². The molecule has 0 atom stereocenters. The van der Waals surface area contributed by atoms with E-state index in [4.69, 9.17) is 15.0 Å². The van der Waals surface area contributed by atoms with Gasteiger partial charge in [-0.2, -0.15) is 0 Å². The summed E-state index contributed by atoms with van der Waals surface area (Å²) in [6.07, 6.45) is 5.00. The second-order valence-electron chi connectivity index (χ2n) is 4.15. The summed E-state index contributed by atoms with van der Waals surface area (Å²) in [5, 5.41) is 3.50. The quantitative estimate of drug-likeness (QED) is 0.261. The molecule has 104 valence electrons. The molecule has 0 aliphatic heterocycles. The molecule has 0 bridgehead atoms. The number of hydrogen-bond acceptors (Lipinski definition) is 5. The number of nitrogens with zero attached hydrogens (tertiary/aromatic N) is 4. The van der Waals surface area contributed by atoms with Crippen LogP contribution in [0.15, 0.2) is 23.3 Å². The minimum absolute atomic E-state index is 0.172. The van der Waals surface area contributed by atoms with Crippen molar-refractivity contribution in [1.29, 1.82) is 0 Å². The first-order valence-corrected chi connectivity index (χ1v) is 6.30. The van der Waals surface area contributed by atoms with Crippen molar-refractivity contribution in [3.05, 3.63) is 34.2 Å². The van der Waals surface area contributed by atoms with E-state index in [1.807, 2.05) is 0 Å². The Balaban J connectivity index is 2.17. The molecule has 1 saturated carbocycles. The van der Waals surface area contributed by atoms with Crippen LogP contribution >= 0.6 is 0 Å². The molecule has 1 aromatic heterocycles. The third-order valence-electron chi connectivity index (χ3n) is 2.52. The molecule has 0 N–H and O–H groups in total. The summed E-state index contributed by atoms with van der Waals surface area (Å²) >= 11 is 0. The Morgan fingerprint density at radius 1 is 1.60 bits per heavy atom. The standard InChI is InChI=1S/C13H14N4O3/c1-2-19-12(18)8-4-9-3-7-11(20-10-5-6-10)15-13(9)16-17-14/h3-4,7-8,10H,2,5-6H2,1H3/b8-4-. The Morgan fingerprint density at radius 2 is 2.40 bits per heavy atom. The highest BCUT2D eigenvalue weighted by atomic mass is 16.5. The molecule has 7 nitrogen and oxygen atoms in total. The van der Waals surface area contributed by atoms with Gasteiger partial charge < -0.3 is 9.47 Å². The van der Waals surface area contributed by atoms with E-state index in [1.165, 1.54) is 12.2 Å². The summed E-state index contributed by atoms with van der Waals surface area (Å²) in [5.74, 6) is 0.132. The van der Waals surface area contributed by atoms with Crippen LogP contribution in [0.25, 0.3) is 16.5 Å². The van der Waals surface area contributed by atoms with Crippen LogP contribution in [0.4, 0.5) is 5.82 Å². The number of aromatic nitrogens is 1. The average molecular weight is 274 g/mol. The van der Waals surface area contributed by atoms with E-state index in [0.717, 1.165) is 12.8 Å². The highest BCUT2D eigenvalue weighted by Crippen LogP contribution is 2.28. The molecule has 1 aliphatic rings. The lowest BCUT2D eigenvalue weighted by atomic mass is 10.2. The van der Waals surface area contributed by atoms with Crippen LogP contribution in [0.3, 0.4) is 0 Å². The first-order valence-electron chi connectivity index (χ1n) is 6.30. The minimum Gasteiger partial charge on any atom is -0.474 e. The Kier molecular flexibility index (Phi) is 4.57. The molecular weight excluding hydrogens is 260 g/mol. The molecule has 1 heterocycles. The Morgan fingerprint density at radius 3 is 3.05 bits per heavy atom. The predicted octanol–water partition coefficient (Wildman–Crippen LogP) is 3.14. The summed E-state index contributed by atoms with van der Waals surface area (Å²) in [6.45, 7) is 2.03. The lowest BCUT2D eigenvalue weighted by Gasteiger charge is -2.05. The predicted molar refractivity (Wildman–Crippen MR) is 72.4 cm³/mol. The highest BCUT2D eigenvalue weighted by molar-refractivity contribution is 5.87. The van der Waals surface area contributed by atoms with Crippen molar-refractivity contribution in [2.24, 2.45) is 5.11 Å². The monoisotopic (exact) mass is 274 g/mol. The summed E-state index contributed by atoms with van der Waals surface area (Å²) in [5.41, 5.74) is 9.08. The SMILES string of the molecule is CCOC(=O)/C=C\c1ccc(OC2CC2)nc1N=[N+]=[N-]. The molecule has 20 heavy (non-hydrogen) atoms. The molecule has 1 aliphatic carbocycles. The molecule has 1 fully saturated rings. The van der Waals surface area contributed by atoms with Gasteiger partial charge in [0.1, 0.15) is 11.9 Å². The van der Waals surface area contributed by atoms with E-state index >= 15 is 0 Å². The second-order valence-corrected chi connectivity index (χ2v) is 4.15. The van der Waals surface area contributed by atoms with E-state index in [1.54, 1.807) is 19.1 Å². The summed E-state index contributed by atoms with van der Waals surface area (Å²) in [6, 6.07) is 3.37. The number of carbonyl (C=O) groups is 1. The number of rotatable bonds is 6. The van der Waals surface area contributed by atoms with Gasteiger partial charge in [-0.15, -0.1) is 0 Å². The zero-order valence-corrected chi connectivity index (χ0v) is 11.0. The van der Waals surface area contributed by atoms with Crippen LogP contribution in [0.2, 0.25) is 0 Å². The lowest BCUT2D eigenvalue weighted by molar-refractivity contribution is -0.137. The average Bonchev–Trinajstić information content (AvgIpc) is 3.22. The Labute approximate surface area is 115 Å². The summed E-state index contributed by atoms with van der Waals surface area (Å²) in [7, 11) is 0. The summed E-state index contributed by atoms with van der Waals surface area (Å²) in [4.78, 5) is 18.1. The number of hydrogen-bond donors (Lipinski definition) is 0. The molecule has 0 aromatic carbocycles. The van der Waals surface area contributed by atoms with Gasteiger partial charge >= 0.3 is 5.97 Å². The van der Waals surface area contributed by atoms with Crippen LogP contribution in [-0.4, -0.2) is 23.7 Å². The number of pyridine rings is 1. The van der Waals surface area contributed by atoms with Crippen molar-refractivity contribution in [3.63, 3.8) is 0 Å². The van der Waals surface area contributed by atoms with E-state index in [9.17, 15) is 4.79 Å². The third-order valence-corrected chi connectivity index (χ3v) is 2.52. The van der Waals surface area contributed by atoms with Gasteiger partial charge in [-0.05, 0) is 42.6 Å². The van der Waals surface area contributed by atoms with Gasteiger partial charge in [0.2, 0.25) is 5.88 Å². The molecule has 0 saturated heterocycles. The second kappa shape index (κ2) is 6.58. The van der Waals surface area contributed by atoms with E-state index in [0.29, 0.717) is 18.1 Å². The lowest BCUT2D eigenvalue weighted by Crippen LogP contribution is -1.99. The van der Waals surface area contributed by atoms with Gasteiger partial charge in [0.15, 0.2) is 0 Å². The first kappa shape index (κ1) is 13.9. The Hall–Kier alpha value is -2.53. The van der Waals surface area contributed by atoms with Gasteiger partial charge in [0.05, 0.1) is 6.61 Å². The van der Waals surface area contributed by atoms with Crippen molar-refractivity contribution < 1.29 is 14.3 Å². The topological polar surface area (TPSA) is 97.2 Å². The van der Waals surface area contributed by atoms with Crippen molar-refractivity contribution >= 4 is 17.9 Å². The van der Waals surface area contributed by atoms with Gasteiger partial charge in [-0.3, -0.25) is 0 Å². The molecule has 0 amide bonds. The van der Waals surface area contributed by atoms with Gasteiger partial charge in [-0.1, -0.05) is 0 Å². The zero-order chi connectivity index (χ0) is 14.4. The smallest absolute Gasteiger partial charge is 0.330 e. The van der Waals surface area contributed by atoms with Crippen molar-refractivity contribution in [3.8, 4) is 5.88 Å². The maximum Gasteiger partial charge on any atom is 0.330 e. The number of carbonyl (C=O) groups excluding carboxylic acids is 1. The highest BCUT2D eigenvalue weighted by Gasteiger charge is 2.24. The molecule has 1 aromatic rings. The normalized spacial score (nSPS) is 13.8. The fourth-order valence-corrected chi connectivity index (χ4v) is 1.46. The van der Waals surface area contributed by atoms with Gasteiger partial charge in [0, 0.05) is 22.6 Å². The zero-order valence-electron chi connectivity index (χ0n) is 11.0. The largest absolute Gasteiger partial charge is 0.474 e. The maximum atomic E-state index is 11.2. The molecule has 0 spiro atoms. The van der Waals surface area contributed by atoms with Crippen molar-refractivity contribution in [2.45, 2.75) is 25.9 Å². The van der Waals surface area contributed by atoms with E-state index < -0.39 is 5.97 Å². The molecule has 7 heteroatoms. The van der Waals surface area contributed by atoms with Crippen LogP contribution < -0.4 is 4.74 Å². The Bertz CT molecular complexity index is 575. The number of ether oxygens (including phenoxy) is 2. The third kappa shape index (κ3) is 4.00. The fraction of sp³-hybridized carbons (Fsp3) is 0.385. The fourth-order valence-electron chi connectivity index (χ4n) is 1.46. The van der Waals surface area contributed by atoms with E-state index in [2.05, 4.69) is 15.0 Å². The van der Waals surface area contributed by atoms with Gasteiger partial charge in [-0.25, -0.2) is 9.78 Å². The first-order chi connectivity index (χ1) is 9.72. The molecule has 0 radical (unpaired) electrons. The van der Waals surface area contributed by atoms with Crippen LogP contribution in [0, 0.1) is 0 Å². The van der Waals surface area contributed by atoms with E-state index in [-0.39, 0.29) is 11.9 Å². The number of esters is 1. The van der Waals surface area contributed by atoms with Crippen LogP contribution in [0.5, 0.6) is 5.88 Å². The van der Waals surface area contributed by atoms with Crippen LogP contribution in [0.1, 0.15) is 25.3 Å². The molecule has 2 rings (SSSR count). The molecular formula is C13H14N4O3. The maximum absolute atomic E-state index is 11.2. The minimum atomic E-state index is -0.460. The summed E-state index contributed by atoms with van der Waals surface area (Å²) < 4.78 is 10.3. The molecule has 0 unspecified atom stereocenters.